The van der Waals surface area contributed by atoms with E-state index in [4.69, 9.17) is 5.11 Å². The number of rotatable bonds is 7. The molecule has 0 aliphatic rings. The number of tetrazole rings is 1. The number of nitrogens with zero attached hydrogens (tertiary/aromatic N) is 6. The number of hydrogen-bond donors (Lipinski definition) is 1. The molecule has 1 N–H and O–H groups in total. The van der Waals surface area contributed by atoms with Gasteiger partial charge in [0.25, 0.3) is 0 Å². The van der Waals surface area contributed by atoms with Crippen molar-refractivity contribution in [2.24, 2.45) is 13.0 Å². The SMILES string of the molecule is CCc1cc(-c2nnnn2CC(CC)CC(=O)O)n(C)n1. The van der Waals surface area contributed by atoms with E-state index in [1.165, 1.54) is 0 Å². The Labute approximate surface area is 122 Å². The van der Waals surface area contributed by atoms with Crippen LogP contribution in [0, 0.1) is 5.92 Å². The molecule has 0 radical (unpaired) electrons. The second-order valence-electron chi connectivity index (χ2n) is 5.05. The van der Waals surface area contributed by atoms with Crippen LogP contribution in [-0.2, 0) is 24.8 Å². The summed E-state index contributed by atoms with van der Waals surface area (Å²) in [7, 11) is 1.85. The molecule has 0 spiro atoms. The fraction of sp³-hybridized carbons (Fsp3) is 0.615. The van der Waals surface area contributed by atoms with Crippen molar-refractivity contribution in [2.75, 3.05) is 0 Å². The van der Waals surface area contributed by atoms with Gasteiger partial charge in [0.1, 0.15) is 5.69 Å². The highest BCUT2D eigenvalue weighted by Gasteiger charge is 2.18. The average Bonchev–Trinajstić information content (AvgIpc) is 3.03. The van der Waals surface area contributed by atoms with Crippen molar-refractivity contribution in [3.8, 4) is 11.5 Å². The minimum Gasteiger partial charge on any atom is -0.481 e. The van der Waals surface area contributed by atoms with E-state index in [-0.39, 0.29) is 12.3 Å². The molecule has 2 aromatic heterocycles. The summed E-state index contributed by atoms with van der Waals surface area (Å²) in [6, 6.07) is 1.96. The highest BCUT2D eigenvalue weighted by atomic mass is 16.4. The van der Waals surface area contributed by atoms with Gasteiger partial charge in [-0.2, -0.15) is 5.10 Å². The molecule has 0 aliphatic heterocycles. The summed E-state index contributed by atoms with van der Waals surface area (Å²) in [5.41, 5.74) is 1.81. The summed E-state index contributed by atoms with van der Waals surface area (Å²) in [6.45, 7) is 4.49. The number of carboxylic acid groups (broad SMARTS) is 1. The van der Waals surface area contributed by atoms with Crippen LogP contribution in [0.5, 0.6) is 0 Å². The van der Waals surface area contributed by atoms with Crippen LogP contribution in [0.2, 0.25) is 0 Å². The molecule has 1 atom stereocenters. The number of aromatic nitrogens is 6. The fourth-order valence-corrected chi connectivity index (χ4v) is 2.25. The van der Waals surface area contributed by atoms with Gasteiger partial charge < -0.3 is 5.11 Å². The van der Waals surface area contributed by atoms with E-state index >= 15 is 0 Å². The van der Waals surface area contributed by atoms with Crippen LogP contribution in [0.3, 0.4) is 0 Å². The minimum absolute atomic E-state index is 0.00335. The van der Waals surface area contributed by atoms with Gasteiger partial charge in [-0.05, 0) is 28.8 Å². The molecule has 0 aromatic carbocycles. The zero-order chi connectivity index (χ0) is 15.4. The first-order valence-corrected chi connectivity index (χ1v) is 7.06. The second kappa shape index (κ2) is 6.47. The van der Waals surface area contributed by atoms with Crippen LogP contribution in [0.4, 0.5) is 0 Å². The standard InChI is InChI=1S/C13H20N6O2/c1-4-9(6-12(20)21)8-19-13(14-16-17-19)11-7-10(5-2)15-18(11)3/h7,9H,4-6,8H2,1-3H3,(H,20,21). The topological polar surface area (TPSA) is 98.7 Å². The lowest BCUT2D eigenvalue weighted by atomic mass is 10.0. The van der Waals surface area contributed by atoms with Crippen molar-refractivity contribution in [2.45, 2.75) is 39.7 Å². The van der Waals surface area contributed by atoms with Crippen LogP contribution < -0.4 is 0 Å². The third-order valence-electron chi connectivity index (χ3n) is 3.53. The van der Waals surface area contributed by atoms with Gasteiger partial charge in [-0.25, -0.2) is 4.68 Å². The molecule has 0 saturated carbocycles. The Balaban J connectivity index is 2.25. The van der Waals surface area contributed by atoms with Gasteiger partial charge in [0.2, 0.25) is 0 Å². The summed E-state index contributed by atoms with van der Waals surface area (Å²) in [4.78, 5) is 10.9. The third kappa shape index (κ3) is 3.45. The summed E-state index contributed by atoms with van der Waals surface area (Å²) in [5.74, 6) is -0.178. The lowest BCUT2D eigenvalue weighted by Crippen LogP contribution is -2.16. The van der Waals surface area contributed by atoms with Crippen molar-refractivity contribution >= 4 is 5.97 Å². The Hall–Kier alpha value is -2.25. The third-order valence-corrected chi connectivity index (χ3v) is 3.53. The molecule has 0 saturated heterocycles. The predicted octanol–water partition coefficient (Wildman–Crippen LogP) is 1.14. The molecule has 2 heterocycles. The number of hydrogen-bond acceptors (Lipinski definition) is 5. The summed E-state index contributed by atoms with van der Waals surface area (Å²) >= 11 is 0. The Morgan fingerprint density at radius 3 is 2.76 bits per heavy atom. The fourth-order valence-electron chi connectivity index (χ4n) is 2.25. The maximum atomic E-state index is 10.9. The molecular formula is C13H20N6O2. The zero-order valence-corrected chi connectivity index (χ0v) is 12.5. The maximum absolute atomic E-state index is 10.9. The van der Waals surface area contributed by atoms with Crippen LogP contribution in [0.15, 0.2) is 6.07 Å². The first-order valence-electron chi connectivity index (χ1n) is 7.06. The smallest absolute Gasteiger partial charge is 0.303 e. The van der Waals surface area contributed by atoms with Crippen LogP contribution in [0.25, 0.3) is 11.5 Å². The number of aryl methyl sites for hydroxylation is 2. The minimum atomic E-state index is -0.801. The Morgan fingerprint density at radius 1 is 1.43 bits per heavy atom. The normalized spacial score (nSPS) is 12.5. The summed E-state index contributed by atoms with van der Waals surface area (Å²) in [6.07, 6.45) is 1.71. The van der Waals surface area contributed by atoms with E-state index in [0.29, 0.717) is 12.4 Å². The van der Waals surface area contributed by atoms with Gasteiger partial charge in [0.15, 0.2) is 5.82 Å². The highest BCUT2D eigenvalue weighted by Crippen LogP contribution is 2.19. The Kier molecular flexibility index (Phi) is 4.66. The van der Waals surface area contributed by atoms with E-state index < -0.39 is 5.97 Å². The number of aliphatic carboxylic acids is 1. The van der Waals surface area contributed by atoms with Crippen molar-refractivity contribution in [3.63, 3.8) is 0 Å². The van der Waals surface area contributed by atoms with Gasteiger partial charge in [-0.3, -0.25) is 9.48 Å². The van der Waals surface area contributed by atoms with Gasteiger partial charge in [0.05, 0.1) is 5.69 Å². The van der Waals surface area contributed by atoms with Crippen LogP contribution in [-0.4, -0.2) is 41.1 Å². The van der Waals surface area contributed by atoms with Gasteiger partial charge >= 0.3 is 5.97 Å². The second-order valence-corrected chi connectivity index (χ2v) is 5.05. The quantitative estimate of drug-likeness (QED) is 0.821. The van der Waals surface area contributed by atoms with Crippen LogP contribution in [0.1, 0.15) is 32.4 Å². The predicted molar refractivity (Wildman–Crippen MR) is 75.4 cm³/mol. The van der Waals surface area contributed by atoms with Crippen LogP contribution >= 0.6 is 0 Å². The van der Waals surface area contributed by atoms with E-state index in [1.807, 2.05) is 27.0 Å². The molecule has 114 valence electrons. The maximum Gasteiger partial charge on any atom is 0.303 e. The van der Waals surface area contributed by atoms with E-state index in [1.54, 1.807) is 9.36 Å². The van der Waals surface area contributed by atoms with Gasteiger partial charge in [-0.15, -0.1) is 5.10 Å². The van der Waals surface area contributed by atoms with Gasteiger partial charge in [-0.1, -0.05) is 20.3 Å². The molecule has 8 heteroatoms. The number of carboxylic acids is 1. The molecule has 0 fully saturated rings. The molecule has 2 rings (SSSR count). The molecule has 0 bridgehead atoms. The molecular weight excluding hydrogens is 272 g/mol. The van der Waals surface area contributed by atoms with Crippen molar-refractivity contribution in [1.29, 1.82) is 0 Å². The van der Waals surface area contributed by atoms with Gasteiger partial charge in [0, 0.05) is 20.0 Å². The zero-order valence-electron chi connectivity index (χ0n) is 12.5. The van der Waals surface area contributed by atoms with E-state index in [9.17, 15) is 4.79 Å². The van der Waals surface area contributed by atoms with E-state index in [2.05, 4.69) is 20.6 Å². The first kappa shape index (κ1) is 15.1. The average molecular weight is 292 g/mol. The summed E-state index contributed by atoms with van der Waals surface area (Å²) < 4.78 is 3.41. The molecule has 8 nitrogen and oxygen atoms in total. The molecule has 0 aliphatic carbocycles. The largest absolute Gasteiger partial charge is 0.481 e. The summed E-state index contributed by atoms with van der Waals surface area (Å²) in [5, 5.41) is 25.1. The van der Waals surface area contributed by atoms with Crippen molar-refractivity contribution in [1.82, 2.24) is 30.0 Å². The van der Waals surface area contributed by atoms with Crippen molar-refractivity contribution < 1.29 is 9.90 Å². The molecule has 1 unspecified atom stereocenters. The monoisotopic (exact) mass is 292 g/mol. The Morgan fingerprint density at radius 2 is 2.19 bits per heavy atom. The molecule has 2 aromatic rings. The first-order chi connectivity index (χ1) is 10.0. The lowest BCUT2D eigenvalue weighted by Gasteiger charge is -2.12. The molecule has 21 heavy (non-hydrogen) atoms. The Bertz CT molecular complexity index is 618. The number of carbonyl (C=O) groups is 1. The van der Waals surface area contributed by atoms with E-state index in [0.717, 1.165) is 24.2 Å². The van der Waals surface area contributed by atoms with Crippen molar-refractivity contribution in [3.05, 3.63) is 11.8 Å². The lowest BCUT2D eigenvalue weighted by molar-refractivity contribution is -0.138. The highest BCUT2D eigenvalue weighted by molar-refractivity contribution is 5.67. The molecule has 0 amide bonds.